The van der Waals surface area contributed by atoms with Crippen LogP contribution < -0.4 is 10.1 Å². The zero-order chi connectivity index (χ0) is 16.7. The average molecular weight is 313 g/mol. The average Bonchev–Trinajstić information content (AvgIpc) is 2.55. The van der Waals surface area contributed by atoms with Crippen molar-refractivity contribution < 1.29 is 4.74 Å². The molecule has 0 fully saturated rings. The van der Waals surface area contributed by atoms with E-state index in [4.69, 9.17) is 4.74 Å². The standard InChI is InChI=1S/C19H27N3O/c1-5-6-10-17(16-11-8-7-9-12-16)13-20-19-21-14(2)18(23-4)15(3)22-19/h7-9,11-12,17H,5-6,10,13H2,1-4H3,(H,20,21,22). The number of nitrogens with one attached hydrogen (secondary N) is 1. The number of methoxy groups -OCH3 is 1. The topological polar surface area (TPSA) is 47.0 Å². The molecule has 1 aromatic heterocycles. The highest BCUT2D eigenvalue weighted by Crippen LogP contribution is 2.24. The van der Waals surface area contributed by atoms with Gasteiger partial charge in [-0.3, -0.25) is 0 Å². The number of hydrogen-bond donors (Lipinski definition) is 1. The van der Waals surface area contributed by atoms with Crippen LogP contribution in [0.2, 0.25) is 0 Å². The number of hydrogen-bond acceptors (Lipinski definition) is 4. The van der Waals surface area contributed by atoms with Gasteiger partial charge in [0.05, 0.1) is 18.5 Å². The molecule has 1 N–H and O–H groups in total. The van der Waals surface area contributed by atoms with Crippen molar-refractivity contribution in [1.29, 1.82) is 0 Å². The molecule has 1 aromatic carbocycles. The zero-order valence-corrected chi connectivity index (χ0v) is 14.6. The monoisotopic (exact) mass is 313 g/mol. The molecule has 0 aliphatic rings. The molecule has 0 amide bonds. The maximum atomic E-state index is 5.33. The molecule has 0 spiro atoms. The molecule has 2 aromatic rings. The van der Waals surface area contributed by atoms with Gasteiger partial charge in [0.2, 0.25) is 5.95 Å². The number of aryl methyl sites for hydroxylation is 2. The summed E-state index contributed by atoms with van der Waals surface area (Å²) in [6.07, 6.45) is 3.60. The normalized spacial score (nSPS) is 12.0. The number of anilines is 1. The first-order valence-corrected chi connectivity index (χ1v) is 8.33. The molecule has 0 saturated carbocycles. The maximum Gasteiger partial charge on any atom is 0.223 e. The Morgan fingerprint density at radius 3 is 2.30 bits per heavy atom. The van der Waals surface area contributed by atoms with Crippen LogP contribution in [0.15, 0.2) is 30.3 Å². The molecular weight excluding hydrogens is 286 g/mol. The van der Waals surface area contributed by atoms with Crippen molar-refractivity contribution in [2.24, 2.45) is 0 Å². The molecule has 124 valence electrons. The highest BCUT2D eigenvalue weighted by atomic mass is 16.5. The number of aromatic nitrogens is 2. The van der Waals surface area contributed by atoms with Crippen molar-refractivity contribution in [3.05, 3.63) is 47.3 Å². The van der Waals surface area contributed by atoms with E-state index in [1.807, 2.05) is 13.8 Å². The van der Waals surface area contributed by atoms with Gasteiger partial charge in [-0.05, 0) is 25.8 Å². The fourth-order valence-electron chi connectivity index (χ4n) is 2.86. The minimum atomic E-state index is 0.475. The quantitative estimate of drug-likeness (QED) is 0.780. The van der Waals surface area contributed by atoms with Crippen LogP contribution in [-0.2, 0) is 0 Å². The maximum absolute atomic E-state index is 5.33. The van der Waals surface area contributed by atoms with E-state index in [0.29, 0.717) is 11.9 Å². The Kier molecular flexibility index (Phi) is 6.39. The Morgan fingerprint density at radius 1 is 1.09 bits per heavy atom. The Hall–Kier alpha value is -2.10. The van der Waals surface area contributed by atoms with Gasteiger partial charge in [-0.2, -0.15) is 0 Å². The number of rotatable bonds is 8. The summed E-state index contributed by atoms with van der Waals surface area (Å²) in [6, 6.07) is 10.7. The summed E-state index contributed by atoms with van der Waals surface area (Å²) in [5, 5.41) is 3.41. The van der Waals surface area contributed by atoms with Gasteiger partial charge in [-0.1, -0.05) is 50.1 Å². The van der Waals surface area contributed by atoms with Gasteiger partial charge in [0.25, 0.3) is 0 Å². The van der Waals surface area contributed by atoms with Gasteiger partial charge in [0.15, 0.2) is 5.75 Å². The second-order valence-corrected chi connectivity index (χ2v) is 5.88. The van der Waals surface area contributed by atoms with E-state index >= 15 is 0 Å². The summed E-state index contributed by atoms with van der Waals surface area (Å²) in [6.45, 7) is 6.97. The summed E-state index contributed by atoms with van der Waals surface area (Å²) >= 11 is 0. The molecular formula is C19H27N3O. The first-order chi connectivity index (χ1) is 11.2. The molecule has 2 rings (SSSR count). The number of benzene rings is 1. The lowest BCUT2D eigenvalue weighted by atomic mass is 9.93. The second kappa shape index (κ2) is 8.51. The summed E-state index contributed by atoms with van der Waals surface area (Å²) in [5.41, 5.74) is 3.11. The van der Waals surface area contributed by atoms with Crippen LogP contribution in [0.4, 0.5) is 5.95 Å². The third kappa shape index (κ3) is 4.68. The molecule has 0 saturated heterocycles. The second-order valence-electron chi connectivity index (χ2n) is 5.88. The largest absolute Gasteiger partial charge is 0.493 e. The summed E-state index contributed by atoms with van der Waals surface area (Å²) < 4.78 is 5.33. The molecule has 1 atom stereocenters. The molecule has 1 unspecified atom stereocenters. The lowest BCUT2D eigenvalue weighted by Gasteiger charge is -2.18. The van der Waals surface area contributed by atoms with Crippen molar-refractivity contribution in [3.8, 4) is 5.75 Å². The molecule has 0 radical (unpaired) electrons. The van der Waals surface area contributed by atoms with Gasteiger partial charge >= 0.3 is 0 Å². The summed E-state index contributed by atoms with van der Waals surface area (Å²) in [7, 11) is 1.65. The molecule has 4 nitrogen and oxygen atoms in total. The molecule has 0 bridgehead atoms. The number of unbranched alkanes of at least 4 members (excludes halogenated alkanes) is 1. The Balaban J connectivity index is 2.09. The smallest absolute Gasteiger partial charge is 0.223 e. The Labute approximate surface area is 139 Å². The van der Waals surface area contributed by atoms with E-state index in [1.54, 1.807) is 7.11 Å². The fourth-order valence-corrected chi connectivity index (χ4v) is 2.86. The van der Waals surface area contributed by atoms with Gasteiger partial charge in [-0.25, -0.2) is 9.97 Å². The number of nitrogens with zero attached hydrogens (tertiary/aromatic N) is 2. The zero-order valence-electron chi connectivity index (χ0n) is 14.6. The van der Waals surface area contributed by atoms with Crippen LogP contribution in [-0.4, -0.2) is 23.6 Å². The van der Waals surface area contributed by atoms with Crippen molar-refractivity contribution in [1.82, 2.24) is 9.97 Å². The van der Waals surface area contributed by atoms with Crippen LogP contribution >= 0.6 is 0 Å². The number of ether oxygens (including phenoxy) is 1. The molecule has 0 aliphatic heterocycles. The van der Waals surface area contributed by atoms with Gasteiger partial charge in [-0.15, -0.1) is 0 Å². The summed E-state index contributed by atoms with van der Waals surface area (Å²) in [5.74, 6) is 1.92. The highest BCUT2D eigenvalue weighted by Gasteiger charge is 2.13. The highest BCUT2D eigenvalue weighted by molar-refractivity contribution is 5.38. The first-order valence-electron chi connectivity index (χ1n) is 8.33. The van der Waals surface area contributed by atoms with Crippen LogP contribution in [0.25, 0.3) is 0 Å². The third-order valence-corrected chi connectivity index (χ3v) is 4.09. The summed E-state index contributed by atoms with van der Waals surface area (Å²) in [4.78, 5) is 9.01. The van der Waals surface area contributed by atoms with Crippen molar-refractivity contribution in [3.63, 3.8) is 0 Å². The fraction of sp³-hybridized carbons (Fsp3) is 0.474. The minimum absolute atomic E-state index is 0.475. The molecule has 1 heterocycles. The van der Waals surface area contributed by atoms with Crippen LogP contribution in [0, 0.1) is 13.8 Å². The Bertz CT molecular complexity index is 590. The van der Waals surface area contributed by atoms with Crippen molar-refractivity contribution in [2.75, 3.05) is 19.0 Å². The molecule has 23 heavy (non-hydrogen) atoms. The van der Waals surface area contributed by atoms with E-state index in [0.717, 1.165) is 23.7 Å². The third-order valence-electron chi connectivity index (χ3n) is 4.09. The van der Waals surface area contributed by atoms with E-state index in [-0.39, 0.29) is 0 Å². The molecule has 4 heteroatoms. The predicted octanol–water partition coefficient (Wildman–Crippen LogP) is 4.49. The minimum Gasteiger partial charge on any atom is -0.493 e. The van der Waals surface area contributed by atoms with Gasteiger partial charge in [0.1, 0.15) is 0 Å². The van der Waals surface area contributed by atoms with Crippen LogP contribution in [0.3, 0.4) is 0 Å². The Morgan fingerprint density at radius 2 is 1.74 bits per heavy atom. The van der Waals surface area contributed by atoms with E-state index in [2.05, 4.69) is 52.5 Å². The van der Waals surface area contributed by atoms with Crippen LogP contribution in [0.5, 0.6) is 5.75 Å². The van der Waals surface area contributed by atoms with E-state index in [9.17, 15) is 0 Å². The molecule has 0 aliphatic carbocycles. The lowest BCUT2D eigenvalue weighted by molar-refractivity contribution is 0.403. The SMILES string of the molecule is CCCCC(CNc1nc(C)c(OC)c(C)n1)c1ccccc1. The van der Waals surface area contributed by atoms with E-state index < -0.39 is 0 Å². The van der Waals surface area contributed by atoms with Gasteiger partial charge in [0, 0.05) is 12.5 Å². The van der Waals surface area contributed by atoms with E-state index in [1.165, 1.54) is 24.8 Å². The lowest BCUT2D eigenvalue weighted by Crippen LogP contribution is -2.15. The van der Waals surface area contributed by atoms with Crippen LogP contribution in [0.1, 0.15) is 49.1 Å². The van der Waals surface area contributed by atoms with Gasteiger partial charge < -0.3 is 10.1 Å². The van der Waals surface area contributed by atoms with Crippen molar-refractivity contribution in [2.45, 2.75) is 46.0 Å². The van der Waals surface area contributed by atoms with Crippen molar-refractivity contribution >= 4 is 5.95 Å². The predicted molar refractivity (Wildman–Crippen MR) is 95.3 cm³/mol. The first kappa shape index (κ1) is 17.3.